The van der Waals surface area contributed by atoms with Crippen LogP contribution >= 0.6 is 15.9 Å². The maximum absolute atomic E-state index is 11.9. The number of hydrogen-bond donors (Lipinski definition) is 1. The number of carbonyl (C=O) groups excluding carboxylic acids is 1. The number of nitrogens with one attached hydrogen (secondary N) is 1. The van der Waals surface area contributed by atoms with E-state index in [4.69, 9.17) is 0 Å². The third-order valence-corrected chi connectivity index (χ3v) is 3.74. The van der Waals surface area contributed by atoms with Gasteiger partial charge in [-0.3, -0.25) is 4.79 Å². The summed E-state index contributed by atoms with van der Waals surface area (Å²) in [5, 5.41) is 5.37. The van der Waals surface area contributed by atoms with Crippen LogP contribution in [0.3, 0.4) is 0 Å². The molecule has 0 saturated heterocycles. The lowest BCUT2D eigenvalue weighted by Crippen LogP contribution is -2.26. The van der Waals surface area contributed by atoms with E-state index in [0.29, 0.717) is 11.2 Å². The average molecular weight is 334 g/mol. The van der Waals surface area contributed by atoms with E-state index < -0.39 is 0 Å². The molecular formula is C17H20BrNO. The van der Waals surface area contributed by atoms with E-state index in [1.165, 1.54) is 10.8 Å². The second kappa shape index (κ2) is 7.44. The van der Waals surface area contributed by atoms with Gasteiger partial charge in [0, 0.05) is 11.4 Å². The summed E-state index contributed by atoms with van der Waals surface area (Å²) in [7, 11) is 0. The predicted molar refractivity (Wildman–Crippen MR) is 88.3 cm³/mol. The lowest BCUT2D eigenvalue weighted by molar-refractivity contribution is -0.120. The van der Waals surface area contributed by atoms with Crippen molar-refractivity contribution in [1.29, 1.82) is 0 Å². The van der Waals surface area contributed by atoms with E-state index in [9.17, 15) is 4.79 Å². The quantitative estimate of drug-likeness (QED) is 0.626. The number of alkyl halides is 1. The van der Waals surface area contributed by atoms with E-state index in [-0.39, 0.29) is 5.91 Å². The van der Waals surface area contributed by atoms with Gasteiger partial charge >= 0.3 is 0 Å². The zero-order valence-corrected chi connectivity index (χ0v) is 13.3. The van der Waals surface area contributed by atoms with E-state index in [0.717, 1.165) is 24.9 Å². The minimum atomic E-state index is 0.0995. The van der Waals surface area contributed by atoms with Crippen molar-refractivity contribution in [2.24, 2.45) is 0 Å². The molecule has 0 radical (unpaired) electrons. The molecule has 0 bridgehead atoms. The van der Waals surface area contributed by atoms with E-state index >= 15 is 0 Å². The number of carbonyl (C=O) groups is 1. The average Bonchev–Trinajstić information content (AvgIpc) is 2.43. The molecular weight excluding hydrogens is 314 g/mol. The fourth-order valence-corrected chi connectivity index (χ4v) is 2.53. The van der Waals surface area contributed by atoms with E-state index in [1.54, 1.807) is 0 Å². The Morgan fingerprint density at radius 3 is 2.70 bits per heavy atom. The van der Waals surface area contributed by atoms with Crippen molar-refractivity contribution in [3.05, 3.63) is 48.0 Å². The Bertz CT molecular complexity index is 580. The molecule has 0 spiro atoms. The molecule has 2 aromatic rings. The van der Waals surface area contributed by atoms with Crippen molar-refractivity contribution in [3.63, 3.8) is 0 Å². The minimum Gasteiger partial charge on any atom is -0.356 e. The maximum atomic E-state index is 11.9. The molecule has 1 amide bonds. The first-order valence-corrected chi connectivity index (χ1v) is 7.95. The third-order valence-electron chi connectivity index (χ3n) is 3.28. The highest BCUT2D eigenvalue weighted by molar-refractivity contribution is 9.09. The van der Waals surface area contributed by atoms with Crippen LogP contribution in [0.4, 0.5) is 0 Å². The van der Waals surface area contributed by atoms with Gasteiger partial charge in [-0.2, -0.15) is 0 Å². The minimum absolute atomic E-state index is 0.0995. The number of fused-ring (bicyclic) bond motifs is 1. The largest absolute Gasteiger partial charge is 0.356 e. The van der Waals surface area contributed by atoms with Gasteiger partial charge < -0.3 is 5.32 Å². The van der Waals surface area contributed by atoms with Crippen molar-refractivity contribution in [2.75, 3.05) is 6.54 Å². The van der Waals surface area contributed by atoms with Gasteiger partial charge in [-0.25, -0.2) is 0 Å². The van der Waals surface area contributed by atoms with Gasteiger partial charge in [0.25, 0.3) is 0 Å². The van der Waals surface area contributed by atoms with Crippen LogP contribution in [-0.2, 0) is 11.2 Å². The van der Waals surface area contributed by atoms with Crippen LogP contribution in [0.15, 0.2) is 42.5 Å². The lowest BCUT2D eigenvalue weighted by Gasteiger charge is -2.07. The number of hydrogen-bond acceptors (Lipinski definition) is 1. The SMILES string of the molecule is CC(Br)CCCNC(=O)Cc1ccc2ccccc2c1. The first-order valence-electron chi connectivity index (χ1n) is 7.03. The Balaban J connectivity index is 1.86. The molecule has 0 aliphatic heterocycles. The summed E-state index contributed by atoms with van der Waals surface area (Å²) in [6, 6.07) is 14.4. The molecule has 106 valence electrons. The molecule has 3 heteroatoms. The second-order valence-electron chi connectivity index (χ2n) is 5.13. The van der Waals surface area contributed by atoms with Crippen LogP contribution in [0.25, 0.3) is 10.8 Å². The van der Waals surface area contributed by atoms with E-state index in [1.807, 2.05) is 18.2 Å². The van der Waals surface area contributed by atoms with Gasteiger partial charge in [0.05, 0.1) is 6.42 Å². The van der Waals surface area contributed by atoms with Crippen LogP contribution in [0.2, 0.25) is 0 Å². The molecule has 0 saturated carbocycles. The van der Waals surface area contributed by atoms with E-state index in [2.05, 4.69) is 52.4 Å². The summed E-state index contributed by atoms with van der Waals surface area (Å²) in [5.74, 6) is 0.0995. The molecule has 0 aliphatic carbocycles. The Hall–Kier alpha value is -1.35. The standard InChI is InChI=1S/C17H20BrNO/c1-13(18)5-4-10-19-17(20)12-14-8-9-15-6-2-3-7-16(15)11-14/h2-3,6-9,11,13H,4-5,10,12H2,1H3,(H,19,20). The van der Waals surface area contributed by atoms with Crippen molar-refractivity contribution >= 4 is 32.6 Å². The smallest absolute Gasteiger partial charge is 0.224 e. The van der Waals surface area contributed by atoms with Crippen molar-refractivity contribution in [2.45, 2.75) is 31.0 Å². The fourth-order valence-electron chi connectivity index (χ4n) is 2.21. The van der Waals surface area contributed by atoms with Gasteiger partial charge in [0.2, 0.25) is 5.91 Å². The summed E-state index contributed by atoms with van der Waals surface area (Å²) in [4.78, 5) is 12.4. The highest BCUT2D eigenvalue weighted by Crippen LogP contribution is 2.15. The topological polar surface area (TPSA) is 29.1 Å². The molecule has 0 aliphatic rings. The number of amides is 1. The van der Waals surface area contributed by atoms with Crippen LogP contribution in [0, 0.1) is 0 Å². The monoisotopic (exact) mass is 333 g/mol. The number of rotatable bonds is 6. The Morgan fingerprint density at radius 2 is 1.95 bits per heavy atom. The molecule has 20 heavy (non-hydrogen) atoms. The van der Waals surface area contributed by atoms with Crippen LogP contribution in [0.1, 0.15) is 25.3 Å². The summed E-state index contributed by atoms with van der Waals surface area (Å²) in [5.41, 5.74) is 1.06. The van der Waals surface area contributed by atoms with Gasteiger partial charge in [-0.1, -0.05) is 65.3 Å². The molecule has 1 atom stereocenters. The first-order chi connectivity index (χ1) is 9.65. The van der Waals surface area contributed by atoms with Crippen LogP contribution in [0.5, 0.6) is 0 Å². The number of benzene rings is 2. The number of halogens is 1. The van der Waals surface area contributed by atoms with Gasteiger partial charge in [0.1, 0.15) is 0 Å². The van der Waals surface area contributed by atoms with Crippen molar-refractivity contribution in [3.8, 4) is 0 Å². The summed E-state index contributed by atoms with van der Waals surface area (Å²) in [6.07, 6.45) is 2.54. The molecule has 0 fully saturated rings. The zero-order chi connectivity index (χ0) is 14.4. The molecule has 1 N–H and O–H groups in total. The molecule has 2 rings (SSSR count). The molecule has 1 unspecified atom stereocenters. The molecule has 2 aromatic carbocycles. The van der Waals surface area contributed by atoms with Crippen molar-refractivity contribution < 1.29 is 4.79 Å². The summed E-state index contributed by atoms with van der Waals surface area (Å²) >= 11 is 3.51. The molecule has 0 aromatic heterocycles. The zero-order valence-electron chi connectivity index (χ0n) is 11.7. The summed E-state index contributed by atoms with van der Waals surface area (Å²) in [6.45, 7) is 2.87. The molecule has 0 heterocycles. The van der Waals surface area contributed by atoms with Gasteiger partial charge in [0.15, 0.2) is 0 Å². The van der Waals surface area contributed by atoms with Crippen LogP contribution in [-0.4, -0.2) is 17.3 Å². The first kappa shape index (κ1) is 15.0. The molecule has 2 nitrogen and oxygen atoms in total. The van der Waals surface area contributed by atoms with Crippen molar-refractivity contribution in [1.82, 2.24) is 5.32 Å². The normalized spacial score (nSPS) is 12.3. The van der Waals surface area contributed by atoms with Crippen LogP contribution < -0.4 is 5.32 Å². The Morgan fingerprint density at radius 1 is 1.20 bits per heavy atom. The lowest BCUT2D eigenvalue weighted by atomic mass is 10.0. The Labute approximate surface area is 128 Å². The highest BCUT2D eigenvalue weighted by Gasteiger charge is 2.04. The third kappa shape index (κ3) is 4.64. The Kier molecular flexibility index (Phi) is 5.60. The summed E-state index contributed by atoms with van der Waals surface area (Å²) < 4.78 is 0. The highest BCUT2D eigenvalue weighted by atomic mass is 79.9. The fraction of sp³-hybridized carbons (Fsp3) is 0.353. The predicted octanol–water partition coefficient (Wildman–Crippen LogP) is 4.06. The maximum Gasteiger partial charge on any atom is 0.224 e. The van der Waals surface area contributed by atoms with Gasteiger partial charge in [-0.05, 0) is 29.2 Å². The van der Waals surface area contributed by atoms with Gasteiger partial charge in [-0.15, -0.1) is 0 Å². The second-order valence-corrected chi connectivity index (χ2v) is 6.69.